The van der Waals surface area contributed by atoms with Crippen LogP contribution < -0.4 is 5.32 Å². The van der Waals surface area contributed by atoms with Crippen LogP contribution in [0, 0.1) is 12.7 Å². The van der Waals surface area contributed by atoms with E-state index in [1.807, 2.05) is 6.92 Å². The number of thioether (sulfide) groups is 1. The monoisotopic (exact) mass is 331 g/mol. The van der Waals surface area contributed by atoms with Crippen LogP contribution in [0.25, 0.3) is 10.9 Å². The van der Waals surface area contributed by atoms with Crippen molar-refractivity contribution >= 4 is 34.5 Å². The zero-order valence-electron chi connectivity index (χ0n) is 12.6. The Morgan fingerprint density at radius 2 is 2.17 bits per heavy atom. The summed E-state index contributed by atoms with van der Waals surface area (Å²) in [5.41, 5.74) is 1.58. The first kappa shape index (κ1) is 15.4. The number of hydrogen-bond acceptors (Lipinski definition) is 5. The predicted molar refractivity (Wildman–Crippen MR) is 87.2 cm³/mol. The first-order valence-corrected chi connectivity index (χ1v) is 7.99. The number of halogens is 1. The van der Waals surface area contributed by atoms with Gasteiger partial charge >= 0.3 is 0 Å². The van der Waals surface area contributed by atoms with Crippen LogP contribution in [-0.2, 0) is 0 Å². The molecule has 0 aliphatic heterocycles. The molecule has 1 aromatic carbocycles. The SMILES string of the molecule is CCSc1n[nH]c(NC(=O)c2cc(C)nc3ccc(F)cc23)n1. The highest BCUT2D eigenvalue weighted by molar-refractivity contribution is 7.99. The van der Waals surface area contributed by atoms with Gasteiger partial charge in [-0.1, -0.05) is 18.7 Å². The molecule has 2 aromatic heterocycles. The second kappa shape index (κ2) is 6.33. The lowest BCUT2D eigenvalue weighted by atomic mass is 10.1. The van der Waals surface area contributed by atoms with Gasteiger partial charge in [-0.2, -0.15) is 4.98 Å². The third kappa shape index (κ3) is 3.31. The van der Waals surface area contributed by atoms with Crippen LogP contribution in [0.2, 0.25) is 0 Å². The summed E-state index contributed by atoms with van der Waals surface area (Å²) in [7, 11) is 0. The minimum Gasteiger partial charge on any atom is -0.291 e. The summed E-state index contributed by atoms with van der Waals surface area (Å²) in [6.45, 7) is 3.77. The highest BCUT2D eigenvalue weighted by atomic mass is 32.2. The number of aromatic nitrogens is 4. The molecular weight excluding hydrogens is 317 g/mol. The van der Waals surface area contributed by atoms with E-state index in [1.54, 1.807) is 19.1 Å². The van der Waals surface area contributed by atoms with Crippen molar-refractivity contribution in [3.63, 3.8) is 0 Å². The Balaban J connectivity index is 1.94. The summed E-state index contributed by atoms with van der Waals surface area (Å²) >= 11 is 1.46. The van der Waals surface area contributed by atoms with Gasteiger partial charge in [-0.15, -0.1) is 5.10 Å². The van der Waals surface area contributed by atoms with E-state index in [0.717, 1.165) is 5.75 Å². The summed E-state index contributed by atoms with van der Waals surface area (Å²) in [4.78, 5) is 21.0. The number of aromatic amines is 1. The van der Waals surface area contributed by atoms with Crippen LogP contribution in [0.3, 0.4) is 0 Å². The van der Waals surface area contributed by atoms with Crippen molar-refractivity contribution < 1.29 is 9.18 Å². The summed E-state index contributed by atoms with van der Waals surface area (Å²) in [6, 6.07) is 5.80. The Bertz CT molecular complexity index is 879. The maximum absolute atomic E-state index is 13.5. The van der Waals surface area contributed by atoms with Crippen molar-refractivity contribution in [2.45, 2.75) is 19.0 Å². The van der Waals surface area contributed by atoms with Crippen LogP contribution in [-0.4, -0.2) is 31.8 Å². The number of carbonyl (C=O) groups excluding carboxylic acids is 1. The topological polar surface area (TPSA) is 83.6 Å². The molecule has 0 fully saturated rings. The van der Waals surface area contributed by atoms with Crippen molar-refractivity contribution in [1.82, 2.24) is 20.2 Å². The van der Waals surface area contributed by atoms with Crippen LogP contribution in [0.4, 0.5) is 10.3 Å². The Morgan fingerprint density at radius 1 is 1.35 bits per heavy atom. The van der Waals surface area contributed by atoms with Crippen molar-refractivity contribution in [2.75, 3.05) is 11.1 Å². The molecule has 3 rings (SSSR count). The Morgan fingerprint density at radius 3 is 2.96 bits per heavy atom. The summed E-state index contributed by atoms with van der Waals surface area (Å²) in [5, 5.41) is 10.3. The zero-order chi connectivity index (χ0) is 16.4. The van der Waals surface area contributed by atoms with Crippen LogP contribution >= 0.6 is 11.8 Å². The third-order valence-corrected chi connectivity index (χ3v) is 3.84. The van der Waals surface area contributed by atoms with E-state index in [4.69, 9.17) is 0 Å². The molecule has 0 atom stereocenters. The first-order chi connectivity index (χ1) is 11.1. The minimum atomic E-state index is -0.418. The Kier molecular flexibility index (Phi) is 4.24. The van der Waals surface area contributed by atoms with Gasteiger partial charge < -0.3 is 0 Å². The molecule has 0 radical (unpaired) electrons. The van der Waals surface area contributed by atoms with Gasteiger partial charge in [-0.25, -0.2) is 9.49 Å². The summed E-state index contributed by atoms with van der Waals surface area (Å²) < 4.78 is 13.5. The average molecular weight is 331 g/mol. The van der Waals surface area contributed by atoms with Gasteiger partial charge in [0.05, 0.1) is 11.1 Å². The Labute approximate surface area is 135 Å². The molecule has 0 aliphatic rings. The van der Waals surface area contributed by atoms with E-state index in [9.17, 15) is 9.18 Å². The van der Waals surface area contributed by atoms with Gasteiger partial charge in [0.2, 0.25) is 11.1 Å². The highest BCUT2D eigenvalue weighted by Gasteiger charge is 2.15. The van der Waals surface area contributed by atoms with Gasteiger partial charge in [-0.05, 0) is 36.9 Å². The fourth-order valence-electron chi connectivity index (χ4n) is 2.19. The number of benzene rings is 1. The van der Waals surface area contributed by atoms with Crippen molar-refractivity contribution in [3.8, 4) is 0 Å². The lowest BCUT2D eigenvalue weighted by Gasteiger charge is -2.07. The normalized spacial score (nSPS) is 10.9. The Hall–Kier alpha value is -2.48. The number of anilines is 1. The molecule has 23 heavy (non-hydrogen) atoms. The van der Waals surface area contributed by atoms with E-state index >= 15 is 0 Å². The maximum Gasteiger partial charge on any atom is 0.258 e. The number of aryl methyl sites for hydroxylation is 1. The molecule has 0 saturated carbocycles. The van der Waals surface area contributed by atoms with E-state index in [-0.39, 0.29) is 5.95 Å². The smallest absolute Gasteiger partial charge is 0.258 e. The van der Waals surface area contributed by atoms with Gasteiger partial charge in [0.1, 0.15) is 5.82 Å². The van der Waals surface area contributed by atoms with E-state index in [1.165, 1.54) is 23.9 Å². The number of rotatable bonds is 4. The molecule has 118 valence electrons. The molecule has 1 amide bonds. The molecule has 8 heteroatoms. The molecule has 6 nitrogen and oxygen atoms in total. The summed E-state index contributed by atoms with van der Waals surface area (Å²) in [5.74, 6) is 0.275. The average Bonchev–Trinajstić information content (AvgIpc) is 2.94. The lowest BCUT2D eigenvalue weighted by Crippen LogP contribution is -2.14. The number of pyridine rings is 1. The van der Waals surface area contributed by atoms with Gasteiger partial charge in [0, 0.05) is 11.1 Å². The molecule has 0 aliphatic carbocycles. The fraction of sp³-hybridized carbons (Fsp3) is 0.200. The van der Waals surface area contributed by atoms with Gasteiger partial charge in [0.25, 0.3) is 5.91 Å². The van der Waals surface area contributed by atoms with Gasteiger partial charge in [0.15, 0.2) is 0 Å². The number of nitrogens with one attached hydrogen (secondary N) is 2. The second-order valence-corrected chi connectivity index (χ2v) is 6.06. The lowest BCUT2D eigenvalue weighted by molar-refractivity contribution is 0.102. The van der Waals surface area contributed by atoms with Crippen molar-refractivity contribution in [1.29, 1.82) is 0 Å². The van der Waals surface area contributed by atoms with E-state index in [0.29, 0.717) is 27.3 Å². The standard InChI is InChI=1S/C15H14FN5OS/c1-3-23-15-19-14(20-21-15)18-13(22)11-6-8(2)17-12-5-4-9(16)7-10(11)12/h4-7H,3H2,1-2H3,(H2,18,19,20,21,22). The number of amides is 1. The van der Waals surface area contributed by atoms with Gasteiger partial charge in [-0.3, -0.25) is 15.1 Å². The van der Waals surface area contributed by atoms with E-state index in [2.05, 4.69) is 25.5 Å². The fourth-order valence-corrected chi connectivity index (χ4v) is 2.71. The number of H-pyrrole nitrogens is 1. The molecule has 2 heterocycles. The largest absolute Gasteiger partial charge is 0.291 e. The summed E-state index contributed by atoms with van der Waals surface area (Å²) in [6.07, 6.45) is 0. The zero-order valence-corrected chi connectivity index (χ0v) is 13.4. The highest BCUT2D eigenvalue weighted by Crippen LogP contribution is 2.21. The molecule has 3 aromatic rings. The first-order valence-electron chi connectivity index (χ1n) is 7.00. The maximum atomic E-state index is 13.5. The molecule has 2 N–H and O–H groups in total. The second-order valence-electron chi connectivity index (χ2n) is 4.83. The minimum absolute atomic E-state index is 0.255. The third-order valence-electron chi connectivity index (χ3n) is 3.11. The number of nitrogens with zero attached hydrogens (tertiary/aromatic N) is 3. The molecular formula is C15H14FN5OS. The molecule has 0 saturated heterocycles. The van der Waals surface area contributed by atoms with Crippen molar-refractivity contribution in [3.05, 3.63) is 41.3 Å². The van der Waals surface area contributed by atoms with Crippen LogP contribution in [0.15, 0.2) is 29.4 Å². The van der Waals surface area contributed by atoms with Crippen LogP contribution in [0.1, 0.15) is 23.0 Å². The molecule has 0 unspecified atom stereocenters. The number of carbonyl (C=O) groups is 1. The van der Waals surface area contributed by atoms with E-state index < -0.39 is 11.7 Å². The quantitative estimate of drug-likeness (QED) is 0.718. The number of fused-ring (bicyclic) bond motifs is 1. The molecule has 0 spiro atoms. The van der Waals surface area contributed by atoms with Crippen LogP contribution in [0.5, 0.6) is 0 Å². The van der Waals surface area contributed by atoms with Crippen molar-refractivity contribution in [2.24, 2.45) is 0 Å². The predicted octanol–water partition coefficient (Wildman–Crippen LogP) is 3.16. The number of hydrogen-bond donors (Lipinski definition) is 2. The molecule has 0 bridgehead atoms.